The molecule has 0 aliphatic heterocycles. The minimum absolute atomic E-state index is 0.0612. The number of carbonyl (C=O) groups excluding carboxylic acids is 2. The molecule has 2 aromatic carbocycles. The standard InChI is InChI=1S/C22H22N4O2/c1-13-8-9-19(10-14(13)2)25-22-23-15(3)11-20(26-22)21(28)24-18-7-5-6-17(12-18)16(4)27/h5-12H,1-4H3,(H,24,28)(H,23,25,26). The molecule has 0 spiro atoms. The van der Waals surface area contributed by atoms with Gasteiger partial charge in [-0.05, 0) is 69.2 Å². The second kappa shape index (κ2) is 8.00. The number of aryl methyl sites for hydroxylation is 3. The Labute approximate surface area is 164 Å². The highest BCUT2D eigenvalue weighted by Crippen LogP contribution is 2.18. The third kappa shape index (κ3) is 4.59. The van der Waals surface area contributed by atoms with Crippen LogP contribution in [0.2, 0.25) is 0 Å². The van der Waals surface area contributed by atoms with E-state index in [9.17, 15) is 9.59 Å². The minimum Gasteiger partial charge on any atom is -0.324 e. The van der Waals surface area contributed by atoms with E-state index in [4.69, 9.17) is 0 Å². The van der Waals surface area contributed by atoms with Gasteiger partial charge < -0.3 is 10.6 Å². The van der Waals surface area contributed by atoms with Crippen molar-refractivity contribution < 1.29 is 9.59 Å². The number of hydrogen-bond acceptors (Lipinski definition) is 5. The van der Waals surface area contributed by atoms with Crippen molar-refractivity contribution in [2.75, 3.05) is 10.6 Å². The summed E-state index contributed by atoms with van der Waals surface area (Å²) in [5, 5.41) is 5.93. The van der Waals surface area contributed by atoms with Crippen molar-refractivity contribution in [3.05, 3.63) is 76.6 Å². The summed E-state index contributed by atoms with van der Waals surface area (Å²) in [6.45, 7) is 7.37. The first-order chi connectivity index (χ1) is 13.3. The fraction of sp³-hybridized carbons (Fsp3) is 0.182. The number of nitrogens with one attached hydrogen (secondary N) is 2. The summed E-state index contributed by atoms with van der Waals surface area (Å²) in [6, 6.07) is 14.4. The van der Waals surface area contributed by atoms with Crippen LogP contribution in [0.5, 0.6) is 0 Å². The van der Waals surface area contributed by atoms with Gasteiger partial charge in [-0.25, -0.2) is 9.97 Å². The number of ketones is 1. The molecule has 0 aliphatic carbocycles. The molecule has 0 radical (unpaired) electrons. The molecule has 0 aliphatic rings. The van der Waals surface area contributed by atoms with Gasteiger partial charge in [0.25, 0.3) is 5.91 Å². The van der Waals surface area contributed by atoms with Gasteiger partial charge in [-0.2, -0.15) is 0 Å². The van der Waals surface area contributed by atoms with E-state index in [2.05, 4.69) is 20.6 Å². The fourth-order valence-corrected chi connectivity index (χ4v) is 2.70. The molecule has 0 saturated heterocycles. The van der Waals surface area contributed by atoms with Crippen LogP contribution in [0, 0.1) is 20.8 Å². The van der Waals surface area contributed by atoms with E-state index in [0.29, 0.717) is 22.9 Å². The summed E-state index contributed by atoms with van der Waals surface area (Å²) in [4.78, 5) is 32.9. The van der Waals surface area contributed by atoms with Crippen LogP contribution in [0.3, 0.4) is 0 Å². The largest absolute Gasteiger partial charge is 0.324 e. The van der Waals surface area contributed by atoms with Gasteiger partial charge in [0.2, 0.25) is 5.95 Å². The number of benzene rings is 2. The molecule has 0 fully saturated rings. The van der Waals surface area contributed by atoms with Gasteiger partial charge in [-0.15, -0.1) is 0 Å². The summed E-state index contributed by atoms with van der Waals surface area (Å²) in [7, 11) is 0. The Balaban J connectivity index is 1.82. The first kappa shape index (κ1) is 19.2. The molecule has 28 heavy (non-hydrogen) atoms. The first-order valence-corrected chi connectivity index (χ1v) is 8.94. The lowest BCUT2D eigenvalue weighted by Gasteiger charge is -2.10. The molecule has 0 unspecified atom stereocenters. The smallest absolute Gasteiger partial charge is 0.274 e. The Morgan fingerprint density at radius 1 is 0.857 bits per heavy atom. The summed E-state index contributed by atoms with van der Waals surface area (Å²) < 4.78 is 0. The Kier molecular flexibility index (Phi) is 5.49. The number of nitrogens with zero attached hydrogens (tertiary/aromatic N) is 2. The lowest BCUT2D eigenvalue weighted by Crippen LogP contribution is -2.15. The SMILES string of the molecule is CC(=O)c1cccc(NC(=O)c2cc(C)nc(Nc3ccc(C)c(C)c3)n2)c1. The van der Waals surface area contributed by atoms with E-state index in [0.717, 1.165) is 11.3 Å². The third-order valence-electron chi connectivity index (χ3n) is 4.38. The monoisotopic (exact) mass is 374 g/mol. The van der Waals surface area contributed by atoms with Crippen LogP contribution < -0.4 is 10.6 Å². The molecule has 2 N–H and O–H groups in total. The molecule has 0 saturated carbocycles. The number of Topliss-reactive ketones (excluding diaryl/α,β-unsaturated/α-hetero) is 1. The van der Waals surface area contributed by atoms with Crippen LogP contribution >= 0.6 is 0 Å². The van der Waals surface area contributed by atoms with Crippen molar-refractivity contribution in [3.63, 3.8) is 0 Å². The van der Waals surface area contributed by atoms with Crippen LogP contribution in [0.4, 0.5) is 17.3 Å². The van der Waals surface area contributed by atoms with E-state index < -0.39 is 0 Å². The fourth-order valence-electron chi connectivity index (χ4n) is 2.70. The van der Waals surface area contributed by atoms with Crippen molar-refractivity contribution in [1.82, 2.24) is 9.97 Å². The molecule has 1 heterocycles. The molecular weight excluding hydrogens is 352 g/mol. The second-order valence-electron chi connectivity index (χ2n) is 6.73. The van der Waals surface area contributed by atoms with Gasteiger partial charge >= 0.3 is 0 Å². The highest BCUT2D eigenvalue weighted by atomic mass is 16.2. The summed E-state index contributed by atoms with van der Waals surface area (Å²) in [6.07, 6.45) is 0. The topological polar surface area (TPSA) is 84.0 Å². The first-order valence-electron chi connectivity index (χ1n) is 8.94. The lowest BCUT2D eigenvalue weighted by molar-refractivity contribution is 0.100. The van der Waals surface area contributed by atoms with Gasteiger partial charge in [-0.1, -0.05) is 18.2 Å². The van der Waals surface area contributed by atoms with Gasteiger partial charge in [0.1, 0.15) is 5.69 Å². The number of aromatic nitrogens is 2. The highest BCUT2D eigenvalue weighted by Gasteiger charge is 2.12. The number of amides is 1. The summed E-state index contributed by atoms with van der Waals surface area (Å²) in [5.74, 6) is -0.0749. The Morgan fingerprint density at radius 2 is 1.64 bits per heavy atom. The molecule has 0 atom stereocenters. The van der Waals surface area contributed by atoms with Crippen molar-refractivity contribution in [3.8, 4) is 0 Å². The van der Waals surface area contributed by atoms with Gasteiger partial charge in [0, 0.05) is 22.6 Å². The van der Waals surface area contributed by atoms with Crippen molar-refractivity contribution in [2.45, 2.75) is 27.7 Å². The predicted molar refractivity (Wildman–Crippen MR) is 110 cm³/mol. The van der Waals surface area contributed by atoms with E-state index in [-0.39, 0.29) is 17.4 Å². The quantitative estimate of drug-likeness (QED) is 0.638. The van der Waals surface area contributed by atoms with Crippen LogP contribution in [0.1, 0.15) is 44.6 Å². The Bertz CT molecular complexity index is 1060. The zero-order chi connectivity index (χ0) is 20.3. The zero-order valence-electron chi connectivity index (χ0n) is 16.3. The molecule has 3 aromatic rings. The van der Waals surface area contributed by atoms with Crippen LogP contribution in [0.25, 0.3) is 0 Å². The molecule has 142 valence electrons. The summed E-state index contributed by atoms with van der Waals surface area (Å²) >= 11 is 0. The van der Waals surface area contributed by atoms with Crippen LogP contribution in [-0.4, -0.2) is 21.7 Å². The normalized spacial score (nSPS) is 10.4. The van der Waals surface area contributed by atoms with E-state index in [1.54, 1.807) is 37.3 Å². The average molecular weight is 374 g/mol. The minimum atomic E-state index is -0.366. The van der Waals surface area contributed by atoms with Gasteiger partial charge in [0.05, 0.1) is 0 Å². The maximum Gasteiger partial charge on any atom is 0.274 e. The molecule has 0 bridgehead atoms. The highest BCUT2D eigenvalue weighted by molar-refractivity contribution is 6.04. The van der Waals surface area contributed by atoms with E-state index in [1.165, 1.54) is 12.5 Å². The zero-order valence-corrected chi connectivity index (χ0v) is 16.3. The molecule has 6 nitrogen and oxygen atoms in total. The number of hydrogen-bond donors (Lipinski definition) is 2. The third-order valence-corrected chi connectivity index (χ3v) is 4.38. The Morgan fingerprint density at radius 3 is 2.36 bits per heavy atom. The van der Waals surface area contributed by atoms with Crippen molar-refractivity contribution in [2.24, 2.45) is 0 Å². The number of anilines is 3. The second-order valence-corrected chi connectivity index (χ2v) is 6.73. The summed E-state index contributed by atoms with van der Waals surface area (Å²) in [5.41, 5.74) is 5.20. The molecule has 6 heteroatoms. The van der Waals surface area contributed by atoms with Gasteiger partial charge in [0.15, 0.2) is 5.78 Å². The molecule has 1 aromatic heterocycles. The van der Waals surface area contributed by atoms with Gasteiger partial charge in [-0.3, -0.25) is 9.59 Å². The maximum atomic E-state index is 12.6. The lowest BCUT2D eigenvalue weighted by atomic mass is 10.1. The molecular formula is C22H22N4O2. The number of rotatable bonds is 5. The van der Waals surface area contributed by atoms with Crippen LogP contribution in [-0.2, 0) is 0 Å². The average Bonchev–Trinajstić information content (AvgIpc) is 2.64. The molecule has 3 rings (SSSR count). The number of carbonyl (C=O) groups is 2. The van der Waals surface area contributed by atoms with Crippen LogP contribution in [0.15, 0.2) is 48.5 Å². The van der Waals surface area contributed by atoms with Crippen molar-refractivity contribution in [1.29, 1.82) is 0 Å². The van der Waals surface area contributed by atoms with Crippen molar-refractivity contribution >= 4 is 29.0 Å². The molecule has 1 amide bonds. The van der Waals surface area contributed by atoms with E-state index >= 15 is 0 Å². The predicted octanol–water partition coefficient (Wildman–Crippen LogP) is 4.60. The Hall–Kier alpha value is -3.54. The maximum absolute atomic E-state index is 12.6. The van der Waals surface area contributed by atoms with E-state index in [1.807, 2.05) is 32.0 Å².